The summed E-state index contributed by atoms with van der Waals surface area (Å²) < 4.78 is 5.36. The lowest BCUT2D eigenvalue weighted by atomic mass is 9.75. The molecule has 0 aliphatic carbocycles. The van der Waals surface area contributed by atoms with Crippen molar-refractivity contribution in [2.45, 2.75) is 44.6 Å². The van der Waals surface area contributed by atoms with Crippen LogP contribution in [-0.4, -0.2) is 29.9 Å². The minimum atomic E-state index is -0.793. The Balaban J connectivity index is 1.79. The molecule has 0 unspecified atom stereocenters. The highest BCUT2D eigenvalue weighted by Crippen LogP contribution is 2.52. The van der Waals surface area contributed by atoms with E-state index in [0.29, 0.717) is 6.61 Å². The number of carbonyl (C=O) groups is 1. The van der Waals surface area contributed by atoms with Crippen LogP contribution < -0.4 is 0 Å². The van der Waals surface area contributed by atoms with E-state index in [2.05, 4.69) is 32.9 Å². The Morgan fingerprint density at radius 1 is 1.00 bits per heavy atom. The van der Waals surface area contributed by atoms with Gasteiger partial charge in [-0.15, -0.1) is 0 Å². The average Bonchev–Trinajstić information content (AvgIpc) is 3.04. The van der Waals surface area contributed by atoms with E-state index >= 15 is 0 Å². The zero-order valence-electron chi connectivity index (χ0n) is 15.9. The van der Waals surface area contributed by atoms with E-state index in [4.69, 9.17) is 14.5 Å². The van der Waals surface area contributed by atoms with Gasteiger partial charge in [0.05, 0.1) is 6.04 Å². The third-order valence-corrected chi connectivity index (χ3v) is 5.78. The largest absolute Gasteiger partial charge is 0.447 e. The molecule has 2 heterocycles. The average molecular weight is 367 g/mol. The second kappa shape index (κ2) is 6.98. The van der Waals surface area contributed by atoms with Crippen LogP contribution in [0.4, 0.5) is 4.79 Å². The van der Waals surface area contributed by atoms with Crippen molar-refractivity contribution in [2.75, 3.05) is 6.61 Å². The summed E-state index contributed by atoms with van der Waals surface area (Å²) in [6, 6.07) is 20.1. The molecule has 2 aliphatic rings. The Morgan fingerprint density at radius 3 is 2.19 bits per heavy atom. The van der Waals surface area contributed by atoms with Gasteiger partial charge in [0.25, 0.3) is 0 Å². The van der Waals surface area contributed by atoms with Gasteiger partial charge in [-0.3, -0.25) is 4.90 Å². The summed E-state index contributed by atoms with van der Waals surface area (Å²) in [4.78, 5) is 25.8. The van der Waals surface area contributed by atoms with Crippen LogP contribution in [0.15, 0.2) is 60.7 Å². The van der Waals surface area contributed by atoms with Gasteiger partial charge >= 0.3 is 6.09 Å². The molecule has 4 atom stereocenters. The predicted molar refractivity (Wildman–Crippen MR) is 101 cm³/mol. The molecule has 5 nitrogen and oxygen atoms in total. The molecule has 0 bridgehead atoms. The number of hydrogen-bond donors (Lipinski definition) is 0. The number of carbonyl (C=O) groups excluding carboxylic acids is 1. The first kappa shape index (κ1) is 18.0. The number of cyclic esters (lactones) is 1. The van der Waals surface area contributed by atoms with E-state index in [1.54, 1.807) is 4.90 Å². The molecule has 2 fully saturated rings. The van der Waals surface area contributed by atoms with Crippen molar-refractivity contribution < 1.29 is 19.3 Å². The van der Waals surface area contributed by atoms with Crippen LogP contribution in [0.25, 0.3) is 0 Å². The maximum Gasteiger partial charge on any atom is 0.412 e. The first-order chi connectivity index (χ1) is 13.1. The van der Waals surface area contributed by atoms with Gasteiger partial charge in [-0.1, -0.05) is 81.4 Å². The Bertz CT molecular complexity index is 794. The number of hydrogen-bond acceptors (Lipinski definition) is 4. The summed E-state index contributed by atoms with van der Waals surface area (Å²) in [5.41, 5.74) is 1.32. The maximum atomic E-state index is 12.6. The molecular formula is C22H25NO4. The van der Waals surface area contributed by atoms with Gasteiger partial charge in [-0.05, 0) is 17.0 Å². The van der Waals surface area contributed by atoms with Crippen LogP contribution in [0.1, 0.15) is 37.8 Å². The number of benzene rings is 2. The quantitative estimate of drug-likeness (QED) is 0.733. The Labute approximate surface area is 159 Å². The monoisotopic (exact) mass is 367 g/mol. The van der Waals surface area contributed by atoms with Gasteiger partial charge in [0.2, 0.25) is 6.23 Å². The fourth-order valence-corrected chi connectivity index (χ4v) is 4.09. The highest BCUT2D eigenvalue weighted by atomic mass is 17.3. The SMILES string of the molecule is CC(C)[C@H]1COC(=O)N1[C@@H]1OO[C@@]1(c1ccccc1)[C@@H](C)c1ccccc1. The second-order valence-electron chi connectivity index (χ2n) is 7.62. The highest BCUT2D eigenvalue weighted by molar-refractivity contribution is 5.71. The molecule has 1 amide bonds. The molecule has 0 N–H and O–H groups in total. The number of ether oxygens (including phenoxy) is 1. The molecule has 0 saturated carbocycles. The molecule has 142 valence electrons. The van der Waals surface area contributed by atoms with E-state index in [-0.39, 0.29) is 24.0 Å². The molecule has 2 aromatic carbocycles. The molecule has 5 heteroatoms. The third-order valence-electron chi connectivity index (χ3n) is 5.78. The lowest BCUT2D eigenvalue weighted by molar-refractivity contribution is -0.546. The summed E-state index contributed by atoms with van der Waals surface area (Å²) >= 11 is 0. The molecule has 2 saturated heterocycles. The third kappa shape index (κ3) is 2.82. The number of rotatable bonds is 5. The molecule has 2 aromatic rings. The number of nitrogens with zero attached hydrogens (tertiary/aromatic N) is 1. The smallest absolute Gasteiger partial charge is 0.412 e. The van der Waals surface area contributed by atoms with E-state index in [9.17, 15) is 4.79 Å². The molecule has 4 rings (SSSR count). The Hall–Kier alpha value is -2.37. The topological polar surface area (TPSA) is 48.0 Å². The Morgan fingerprint density at radius 2 is 1.63 bits per heavy atom. The van der Waals surface area contributed by atoms with Crippen molar-refractivity contribution in [1.29, 1.82) is 0 Å². The summed E-state index contributed by atoms with van der Waals surface area (Å²) in [5, 5.41) is 0. The van der Waals surface area contributed by atoms with Crippen molar-refractivity contribution >= 4 is 6.09 Å². The van der Waals surface area contributed by atoms with Gasteiger partial charge in [0.1, 0.15) is 6.61 Å². The maximum absolute atomic E-state index is 12.6. The first-order valence-electron chi connectivity index (χ1n) is 9.45. The van der Waals surface area contributed by atoms with Crippen LogP contribution in [0.5, 0.6) is 0 Å². The van der Waals surface area contributed by atoms with Crippen molar-refractivity contribution in [2.24, 2.45) is 5.92 Å². The standard InChI is InChI=1S/C22H25NO4/c1-15(2)19-14-25-21(24)23(19)20-22(27-26-20,18-12-8-5-9-13-18)16(3)17-10-6-4-7-11-17/h4-13,15-16,19-20H,14H2,1-3H3/t16-,19+,20+,22+/m0/s1. The zero-order valence-corrected chi connectivity index (χ0v) is 15.9. The second-order valence-corrected chi connectivity index (χ2v) is 7.62. The summed E-state index contributed by atoms with van der Waals surface area (Å²) in [7, 11) is 0. The van der Waals surface area contributed by atoms with Crippen molar-refractivity contribution in [3.63, 3.8) is 0 Å². The van der Waals surface area contributed by atoms with Gasteiger partial charge in [-0.25, -0.2) is 14.6 Å². The molecule has 0 aromatic heterocycles. The van der Waals surface area contributed by atoms with E-state index in [1.807, 2.05) is 48.5 Å². The lowest BCUT2D eigenvalue weighted by Gasteiger charge is -2.54. The summed E-state index contributed by atoms with van der Waals surface area (Å²) in [5.74, 6) is 0.224. The fourth-order valence-electron chi connectivity index (χ4n) is 4.09. The minimum Gasteiger partial charge on any atom is -0.447 e. The van der Waals surface area contributed by atoms with Crippen molar-refractivity contribution in [3.8, 4) is 0 Å². The van der Waals surface area contributed by atoms with Crippen molar-refractivity contribution in [1.82, 2.24) is 4.90 Å². The summed E-state index contributed by atoms with van der Waals surface area (Å²) in [6.45, 7) is 6.67. The molecular weight excluding hydrogens is 342 g/mol. The predicted octanol–water partition coefficient (Wildman–Crippen LogP) is 4.45. The summed E-state index contributed by atoms with van der Waals surface area (Å²) in [6.07, 6.45) is -0.889. The normalized spacial score (nSPS) is 28.7. The molecule has 0 radical (unpaired) electrons. The zero-order chi connectivity index (χ0) is 19.0. The van der Waals surface area contributed by atoms with Gasteiger partial charge in [-0.2, -0.15) is 0 Å². The molecule has 0 spiro atoms. The van der Waals surface area contributed by atoms with Crippen LogP contribution in [-0.2, 0) is 20.1 Å². The fraction of sp³-hybridized carbons (Fsp3) is 0.409. The lowest BCUT2D eigenvalue weighted by Crippen LogP contribution is -2.66. The number of amides is 1. The van der Waals surface area contributed by atoms with Crippen LogP contribution in [0, 0.1) is 5.92 Å². The van der Waals surface area contributed by atoms with Crippen LogP contribution in [0.2, 0.25) is 0 Å². The van der Waals surface area contributed by atoms with Gasteiger partial charge in [0, 0.05) is 5.92 Å². The molecule has 2 aliphatic heterocycles. The minimum absolute atomic E-state index is 0.0268. The van der Waals surface area contributed by atoms with Gasteiger partial charge in [0.15, 0.2) is 5.60 Å². The van der Waals surface area contributed by atoms with E-state index in [1.165, 1.54) is 0 Å². The molecule has 27 heavy (non-hydrogen) atoms. The van der Waals surface area contributed by atoms with Crippen LogP contribution in [0.3, 0.4) is 0 Å². The van der Waals surface area contributed by atoms with Crippen molar-refractivity contribution in [3.05, 3.63) is 71.8 Å². The van der Waals surface area contributed by atoms with Crippen LogP contribution >= 0.6 is 0 Å². The van der Waals surface area contributed by atoms with Gasteiger partial charge < -0.3 is 4.74 Å². The van der Waals surface area contributed by atoms with E-state index < -0.39 is 11.8 Å². The first-order valence-corrected chi connectivity index (χ1v) is 9.45. The highest BCUT2D eigenvalue weighted by Gasteiger charge is 2.63. The Kier molecular flexibility index (Phi) is 4.66. The van der Waals surface area contributed by atoms with E-state index in [0.717, 1.165) is 11.1 Å².